The molecule has 0 bridgehead atoms. The Morgan fingerprint density at radius 3 is 2.30 bits per heavy atom. The first-order valence-corrected chi connectivity index (χ1v) is 9.84. The summed E-state index contributed by atoms with van der Waals surface area (Å²) < 4.78 is 11.1. The Morgan fingerprint density at radius 2 is 1.60 bits per heavy atom. The molecule has 0 saturated heterocycles. The van der Waals surface area contributed by atoms with Gasteiger partial charge in [-0.05, 0) is 74.4 Å². The minimum Gasteiger partial charge on any atom is -0.494 e. The molecule has 1 amide bonds. The minimum atomic E-state index is -0.312. The molecule has 0 radical (unpaired) electrons. The van der Waals surface area contributed by atoms with Crippen molar-refractivity contribution >= 4 is 17.4 Å². The van der Waals surface area contributed by atoms with Gasteiger partial charge >= 0.3 is 0 Å². The van der Waals surface area contributed by atoms with Crippen LogP contribution in [0.3, 0.4) is 0 Å². The summed E-state index contributed by atoms with van der Waals surface area (Å²) >= 11 is 0. The first-order valence-electron chi connectivity index (χ1n) is 9.84. The van der Waals surface area contributed by atoms with Crippen LogP contribution in [0.4, 0.5) is 5.69 Å². The smallest absolute Gasteiger partial charge is 0.259 e. The number of ketones is 1. The third-order valence-electron chi connectivity index (χ3n) is 4.74. The summed E-state index contributed by atoms with van der Waals surface area (Å²) in [5.74, 6) is 0.649. The third-order valence-corrected chi connectivity index (χ3v) is 4.74. The molecular weight excluding hydrogens is 378 g/mol. The molecule has 30 heavy (non-hydrogen) atoms. The van der Waals surface area contributed by atoms with Crippen LogP contribution in [0, 0.1) is 13.8 Å². The molecule has 3 aromatic rings. The normalized spacial score (nSPS) is 10.4. The Bertz CT molecular complexity index is 1040. The Hall–Kier alpha value is -3.60. The van der Waals surface area contributed by atoms with E-state index in [1.807, 2.05) is 32.9 Å². The van der Waals surface area contributed by atoms with Crippen molar-refractivity contribution in [2.24, 2.45) is 0 Å². The topological polar surface area (TPSA) is 64.6 Å². The number of Topliss-reactive ketones (excluding diaryl/α,β-unsaturated/α-hetero) is 1. The van der Waals surface area contributed by atoms with Crippen LogP contribution in [0.1, 0.15) is 38.8 Å². The number of rotatable bonds is 8. The van der Waals surface area contributed by atoms with Crippen molar-refractivity contribution in [2.75, 3.05) is 18.5 Å². The maximum atomic E-state index is 12.7. The van der Waals surface area contributed by atoms with Crippen molar-refractivity contribution in [3.63, 3.8) is 0 Å². The van der Waals surface area contributed by atoms with E-state index in [9.17, 15) is 9.59 Å². The van der Waals surface area contributed by atoms with Gasteiger partial charge in [-0.1, -0.05) is 24.3 Å². The zero-order valence-electron chi connectivity index (χ0n) is 17.4. The molecule has 154 valence electrons. The predicted molar refractivity (Wildman–Crippen MR) is 118 cm³/mol. The van der Waals surface area contributed by atoms with Crippen LogP contribution >= 0.6 is 0 Å². The number of ether oxygens (including phenoxy) is 2. The van der Waals surface area contributed by atoms with E-state index in [0.717, 1.165) is 16.9 Å². The fourth-order valence-electron chi connectivity index (χ4n) is 2.92. The summed E-state index contributed by atoms with van der Waals surface area (Å²) in [6, 6.07) is 19.6. The second-order valence-electron chi connectivity index (χ2n) is 6.92. The van der Waals surface area contributed by atoms with E-state index in [1.165, 1.54) is 0 Å². The zero-order valence-corrected chi connectivity index (χ0v) is 17.4. The number of anilines is 1. The zero-order chi connectivity index (χ0) is 21.5. The van der Waals surface area contributed by atoms with Crippen LogP contribution in [-0.2, 0) is 0 Å². The molecule has 3 aromatic carbocycles. The fourth-order valence-corrected chi connectivity index (χ4v) is 2.92. The van der Waals surface area contributed by atoms with Gasteiger partial charge in [0, 0.05) is 11.3 Å². The van der Waals surface area contributed by atoms with Gasteiger partial charge < -0.3 is 14.8 Å². The number of carbonyl (C=O) groups is 2. The molecule has 0 aliphatic heterocycles. The van der Waals surface area contributed by atoms with E-state index in [2.05, 4.69) is 5.32 Å². The highest BCUT2D eigenvalue weighted by Gasteiger charge is 2.15. The standard InChI is InChI=1S/C25H25NO4/c1-4-29-21-13-11-20(12-14-21)26-25(28)22-7-5-6-8-24(22)30-16-23(27)19-10-9-17(2)18(3)15-19/h5-15H,4,16H2,1-3H3,(H,26,28). The molecule has 0 unspecified atom stereocenters. The van der Waals surface area contributed by atoms with Crippen LogP contribution in [0.15, 0.2) is 66.7 Å². The van der Waals surface area contributed by atoms with E-state index >= 15 is 0 Å². The Balaban J connectivity index is 1.68. The van der Waals surface area contributed by atoms with Crippen LogP contribution < -0.4 is 14.8 Å². The summed E-state index contributed by atoms with van der Waals surface area (Å²) in [5, 5.41) is 2.84. The molecule has 0 aromatic heterocycles. The van der Waals surface area contributed by atoms with Gasteiger partial charge in [0.1, 0.15) is 11.5 Å². The molecule has 0 heterocycles. The van der Waals surface area contributed by atoms with Gasteiger partial charge in [0.25, 0.3) is 5.91 Å². The minimum absolute atomic E-state index is 0.139. The molecule has 0 atom stereocenters. The van der Waals surface area contributed by atoms with Crippen LogP contribution in [0.2, 0.25) is 0 Å². The molecule has 0 fully saturated rings. The highest BCUT2D eigenvalue weighted by molar-refractivity contribution is 6.06. The lowest BCUT2D eigenvalue weighted by molar-refractivity contribution is 0.0914. The number of aryl methyl sites for hydroxylation is 2. The second kappa shape index (κ2) is 9.74. The summed E-state index contributed by atoms with van der Waals surface area (Å²) in [5.41, 5.74) is 3.78. The molecular formula is C25H25NO4. The van der Waals surface area contributed by atoms with Crippen LogP contribution in [0.25, 0.3) is 0 Å². The maximum absolute atomic E-state index is 12.7. The number of amides is 1. The largest absolute Gasteiger partial charge is 0.494 e. The van der Waals surface area contributed by atoms with E-state index in [-0.39, 0.29) is 18.3 Å². The van der Waals surface area contributed by atoms with Crippen molar-refractivity contribution in [1.29, 1.82) is 0 Å². The van der Waals surface area contributed by atoms with Gasteiger partial charge in [-0.2, -0.15) is 0 Å². The highest BCUT2D eigenvalue weighted by Crippen LogP contribution is 2.22. The van der Waals surface area contributed by atoms with Crippen molar-refractivity contribution in [2.45, 2.75) is 20.8 Å². The third kappa shape index (κ3) is 5.26. The Labute approximate surface area is 176 Å². The van der Waals surface area contributed by atoms with Gasteiger partial charge in [0.2, 0.25) is 0 Å². The fraction of sp³-hybridized carbons (Fsp3) is 0.200. The van der Waals surface area contributed by atoms with Gasteiger partial charge in [0.05, 0.1) is 12.2 Å². The molecule has 3 rings (SSSR count). The van der Waals surface area contributed by atoms with Crippen LogP contribution in [0.5, 0.6) is 11.5 Å². The second-order valence-corrected chi connectivity index (χ2v) is 6.92. The van der Waals surface area contributed by atoms with Gasteiger partial charge in [-0.15, -0.1) is 0 Å². The number of nitrogens with one attached hydrogen (secondary N) is 1. The monoisotopic (exact) mass is 403 g/mol. The first-order chi connectivity index (χ1) is 14.5. The highest BCUT2D eigenvalue weighted by atomic mass is 16.5. The summed E-state index contributed by atoms with van der Waals surface area (Å²) in [6.07, 6.45) is 0. The number of hydrogen-bond acceptors (Lipinski definition) is 4. The van der Waals surface area contributed by atoms with Crippen molar-refractivity contribution in [3.05, 3.63) is 89.0 Å². The summed E-state index contributed by atoms with van der Waals surface area (Å²) in [7, 11) is 0. The van der Waals surface area contributed by atoms with Crippen molar-refractivity contribution in [3.8, 4) is 11.5 Å². The molecule has 5 nitrogen and oxygen atoms in total. The van der Waals surface area contributed by atoms with Gasteiger partial charge in [0.15, 0.2) is 12.4 Å². The lowest BCUT2D eigenvalue weighted by Crippen LogP contribution is -2.16. The molecule has 1 N–H and O–H groups in total. The summed E-state index contributed by atoms with van der Waals surface area (Å²) in [6.45, 7) is 6.32. The lowest BCUT2D eigenvalue weighted by atomic mass is 10.0. The van der Waals surface area contributed by atoms with E-state index < -0.39 is 0 Å². The van der Waals surface area contributed by atoms with E-state index in [4.69, 9.17) is 9.47 Å². The number of hydrogen-bond donors (Lipinski definition) is 1. The molecule has 0 spiro atoms. The average molecular weight is 403 g/mol. The number of para-hydroxylation sites is 1. The summed E-state index contributed by atoms with van der Waals surface area (Å²) in [4.78, 5) is 25.2. The molecule has 0 aliphatic rings. The molecule has 0 saturated carbocycles. The van der Waals surface area contributed by atoms with Gasteiger partial charge in [-0.3, -0.25) is 9.59 Å². The predicted octanol–water partition coefficient (Wildman–Crippen LogP) is 5.22. The van der Waals surface area contributed by atoms with E-state index in [1.54, 1.807) is 54.6 Å². The van der Waals surface area contributed by atoms with Crippen molar-refractivity contribution in [1.82, 2.24) is 0 Å². The quantitative estimate of drug-likeness (QED) is 0.524. The Kier molecular flexibility index (Phi) is 6.86. The number of benzene rings is 3. The average Bonchev–Trinajstić information content (AvgIpc) is 2.75. The first kappa shape index (κ1) is 21.1. The van der Waals surface area contributed by atoms with E-state index in [0.29, 0.717) is 29.2 Å². The van der Waals surface area contributed by atoms with Crippen molar-refractivity contribution < 1.29 is 19.1 Å². The van der Waals surface area contributed by atoms with Crippen LogP contribution in [-0.4, -0.2) is 24.9 Å². The van der Waals surface area contributed by atoms with Gasteiger partial charge in [-0.25, -0.2) is 0 Å². The molecule has 0 aliphatic carbocycles. The maximum Gasteiger partial charge on any atom is 0.259 e. The lowest BCUT2D eigenvalue weighted by Gasteiger charge is -2.12. The Morgan fingerprint density at radius 1 is 0.867 bits per heavy atom. The number of carbonyl (C=O) groups excluding carboxylic acids is 2. The SMILES string of the molecule is CCOc1ccc(NC(=O)c2ccccc2OCC(=O)c2ccc(C)c(C)c2)cc1. The molecule has 5 heteroatoms.